The van der Waals surface area contributed by atoms with Crippen molar-refractivity contribution < 1.29 is 0 Å². The van der Waals surface area contributed by atoms with Crippen LogP contribution in [0, 0.1) is 0 Å². The summed E-state index contributed by atoms with van der Waals surface area (Å²) >= 11 is 0. The highest BCUT2D eigenvalue weighted by Crippen LogP contribution is 2.55. The molecular weight excluding hydrogens is 559 g/mol. The van der Waals surface area contributed by atoms with Crippen LogP contribution in [0.3, 0.4) is 0 Å². The molecule has 0 aliphatic heterocycles. The van der Waals surface area contributed by atoms with Gasteiger partial charge in [-0.2, -0.15) is 0 Å². The summed E-state index contributed by atoms with van der Waals surface area (Å²) in [5.41, 5.74) is 10.8. The van der Waals surface area contributed by atoms with Gasteiger partial charge >= 0.3 is 0 Å². The SMILES string of the molecule is C1=CC(c2c3c(c(P(c4ccccc4)c4cccc(-c5ccccc5)c4)c4ccccc24)-c2cccc4cccc-3c24)=CCC1. The Balaban J connectivity index is 1.44. The van der Waals surface area contributed by atoms with E-state index in [1.165, 1.54) is 82.0 Å². The van der Waals surface area contributed by atoms with E-state index in [4.69, 9.17) is 0 Å². The quantitative estimate of drug-likeness (QED) is 0.175. The molecule has 9 rings (SSSR count). The minimum Gasteiger partial charge on any atom is -0.0836 e. The summed E-state index contributed by atoms with van der Waals surface area (Å²) in [6.07, 6.45) is 9.34. The standard InChI is InChI=1S/C44H31P/c1-4-15-30(16-5-1)33-21-12-24-35(29-33)45(34-22-8-3-9-23-34)44-37-26-11-10-25-36(37)41(32-17-6-2-7-18-32)42-38-27-13-19-31-20-14-28-39(40(31)38)43(42)44/h1,3-6,8-29H,2,7H2. The van der Waals surface area contributed by atoms with E-state index in [1.807, 2.05) is 0 Å². The molecule has 1 heteroatoms. The molecule has 0 saturated heterocycles. The summed E-state index contributed by atoms with van der Waals surface area (Å²) in [6, 6.07) is 54.3. The zero-order valence-corrected chi connectivity index (χ0v) is 25.8. The first-order valence-corrected chi connectivity index (χ1v) is 17.2. The lowest BCUT2D eigenvalue weighted by atomic mass is 9.86. The highest BCUT2D eigenvalue weighted by Gasteiger charge is 2.33. The smallest absolute Gasteiger partial charge is 0.00129 e. The van der Waals surface area contributed by atoms with E-state index < -0.39 is 7.92 Å². The Labute approximate surface area is 265 Å². The maximum atomic E-state index is 2.45. The summed E-state index contributed by atoms with van der Waals surface area (Å²) in [6.45, 7) is 0. The molecule has 7 aromatic rings. The maximum absolute atomic E-state index is 2.45. The van der Waals surface area contributed by atoms with Gasteiger partial charge in [-0.25, -0.2) is 0 Å². The largest absolute Gasteiger partial charge is 0.0836 e. The minimum absolute atomic E-state index is 0.908. The zero-order chi connectivity index (χ0) is 29.7. The monoisotopic (exact) mass is 590 g/mol. The minimum atomic E-state index is -0.908. The van der Waals surface area contributed by atoms with Gasteiger partial charge in [0.2, 0.25) is 0 Å². The first-order valence-electron chi connectivity index (χ1n) is 15.9. The predicted molar refractivity (Wildman–Crippen MR) is 196 cm³/mol. The van der Waals surface area contributed by atoms with Gasteiger partial charge in [0.05, 0.1) is 0 Å². The van der Waals surface area contributed by atoms with Crippen LogP contribution in [0.1, 0.15) is 18.4 Å². The summed E-state index contributed by atoms with van der Waals surface area (Å²) in [7, 11) is -0.908. The van der Waals surface area contributed by atoms with Gasteiger partial charge in [-0.1, -0.05) is 158 Å². The molecule has 0 amide bonds. The summed E-state index contributed by atoms with van der Waals surface area (Å²) < 4.78 is 0. The van der Waals surface area contributed by atoms with Gasteiger partial charge < -0.3 is 0 Å². The van der Waals surface area contributed by atoms with Crippen LogP contribution in [0.25, 0.3) is 60.5 Å². The Hall–Kier alpha value is -5.03. The number of allylic oxidation sites excluding steroid dienone is 4. The Morgan fingerprint density at radius 3 is 1.87 bits per heavy atom. The normalized spacial score (nSPS) is 14.0. The average Bonchev–Trinajstić information content (AvgIpc) is 3.45. The topological polar surface area (TPSA) is 0 Å². The van der Waals surface area contributed by atoms with Crippen LogP contribution in [0.4, 0.5) is 0 Å². The van der Waals surface area contributed by atoms with Gasteiger partial charge in [-0.15, -0.1) is 0 Å². The van der Waals surface area contributed by atoms with Gasteiger partial charge in [0.15, 0.2) is 0 Å². The van der Waals surface area contributed by atoms with Crippen LogP contribution >= 0.6 is 7.92 Å². The lowest BCUT2D eigenvalue weighted by molar-refractivity contribution is 1.04. The summed E-state index contributed by atoms with van der Waals surface area (Å²) in [5.74, 6) is 0. The molecule has 2 aliphatic carbocycles. The highest BCUT2D eigenvalue weighted by molar-refractivity contribution is 7.80. The molecule has 0 bridgehead atoms. The fraction of sp³-hybridized carbons (Fsp3) is 0.0455. The number of hydrogen-bond acceptors (Lipinski definition) is 0. The van der Waals surface area contributed by atoms with E-state index in [0.29, 0.717) is 0 Å². The second-order valence-electron chi connectivity index (χ2n) is 12.0. The summed E-state index contributed by atoms with van der Waals surface area (Å²) in [4.78, 5) is 0. The molecule has 0 spiro atoms. The molecular formula is C44H31P. The number of fused-ring (bicyclic) bond motifs is 4. The van der Waals surface area contributed by atoms with Gasteiger partial charge in [0.25, 0.3) is 0 Å². The van der Waals surface area contributed by atoms with Crippen molar-refractivity contribution in [1.82, 2.24) is 0 Å². The lowest BCUT2D eigenvalue weighted by Gasteiger charge is -2.27. The molecule has 0 fully saturated rings. The fourth-order valence-electron chi connectivity index (χ4n) is 7.48. The van der Waals surface area contributed by atoms with Crippen molar-refractivity contribution in [3.05, 3.63) is 169 Å². The molecule has 212 valence electrons. The Morgan fingerprint density at radius 2 is 1.11 bits per heavy atom. The Kier molecular flexibility index (Phi) is 6.36. The van der Waals surface area contributed by atoms with Crippen molar-refractivity contribution in [2.75, 3.05) is 0 Å². The highest BCUT2D eigenvalue weighted by atomic mass is 31.1. The van der Waals surface area contributed by atoms with Crippen molar-refractivity contribution in [3.63, 3.8) is 0 Å². The van der Waals surface area contributed by atoms with Gasteiger partial charge in [0.1, 0.15) is 0 Å². The van der Waals surface area contributed by atoms with Crippen molar-refractivity contribution in [2.45, 2.75) is 12.8 Å². The second-order valence-corrected chi connectivity index (χ2v) is 14.1. The van der Waals surface area contributed by atoms with E-state index in [1.54, 1.807) is 0 Å². The first-order chi connectivity index (χ1) is 22.4. The van der Waals surface area contributed by atoms with Crippen molar-refractivity contribution >= 4 is 51.0 Å². The third kappa shape index (κ3) is 4.25. The first kappa shape index (κ1) is 26.4. The number of rotatable bonds is 5. The molecule has 1 atom stereocenters. The number of benzene rings is 7. The third-order valence-electron chi connectivity index (χ3n) is 9.36. The lowest BCUT2D eigenvalue weighted by Crippen LogP contribution is -2.23. The van der Waals surface area contributed by atoms with Gasteiger partial charge in [-0.3, -0.25) is 0 Å². The van der Waals surface area contributed by atoms with E-state index in [9.17, 15) is 0 Å². The maximum Gasteiger partial charge on any atom is 0.00129 e. The van der Waals surface area contributed by atoms with E-state index in [0.717, 1.165) is 12.8 Å². The molecule has 0 nitrogen and oxygen atoms in total. The van der Waals surface area contributed by atoms with E-state index in [-0.39, 0.29) is 0 Å². The van der Waals surface area contributed by atoms with E-state index >= 15 is 0 Å². The third-order valence-corrected chi connectivity index (χ3v) is 11.9. The molecule has 7 aromatic carbocycles. The van der Waals surface area contributed by atoms with Crippen molar-refractivity contribution in [2.24, 2.45) is 0 Å². The predicted octanol–water partition coefficient (Wildman–Crippen LogP) is 10.8. The van der Waals surface area contributed by atoms with Crippen LogP contribution in [-0.2, 0) is 0 Å². The summed E-state index contributed by atoms with van der Waals surface area (Å²) in [5, 5.41) is 9.60. The molecule has 0 radical (unpaired) electrons. The zero-order valence-electron chi connectivity index (χ0n) is 24.9. The molecule has 0 heterocycles. The molecule has 1 unspecified atom stereocenters. The molecule has 0 N–H and O–H groups in total. The molecule has 0 aromatic heterocycles. The Bertz CT molecular complexity index is 2300. The second kappa shape index (κ2) is 10.8. The van der Waals surface area contributed by atoms with Crippen molar-refractivity contribution in [1.29, 1.82) is 0 Å². The van der Waals surface area contributed by atoms with Crippen LogP contribution in [0.5, 0.6) is 0 Å². The molecule has 0 saturated carbocycles. The van der Waals surface area contributed by atoms with Crippen LogP contribution < -0.4 is 15.9 Å². The van der Waals surface area contributed by atoms with Gasteiger partial charge in [0, 0.05) is 5.30 Å². The van der Waals surface area contributed by atoms with Crippen LogP contribution in [-0.4, -0.2) is 0 Å². The van der Waals surface area contributed by atoms with Crippen LogP contribution in [0.15, 0.2) is 164 Å². The van der Waals surface area contributed by atoms with Gasteiger partial charge in [-0.05, 0) is 104 Å². The Morgan fingerprint density at radius 1 is 0.467 bits per heavy atom. The van der Waals surface area contributed by atoms with E-state index in [2.05, 4.69) is 164 Å². The molecule has 45 heavy (non-hydrogen) atoms. The fourth-order valence-corrected chi connectivity index (χ4v) is 10.2. The molecule has 2 aliphatic rings. The number of hydrogen-bond donors (Lipinski definition) is 0. The van der Waals surface area contributed by atoms with Crippen LogP contribution in [0.2, 0.25) is 0 Å². The van der Waals surface area contributed by atoms with Crippen molar-refractivity contribution in [3.8, 4) is 33.4 Å². The average molecular weight is 591 g/mol.